The SMILES string of the molecule is [2H]/C(=C\CCCCC)SC. The topological polar surface area (TPSA) is 0 Å². The van der Waals surface area contributed by atoms with Crippen LogP contribution in [0.15, 0.2) is 11.5 Å². The van der Waals surface area contributed by atoms with Crippen LogP contribution in [0.1, 0.15) is 34.0 Å². The van der Waals surface area contributed by atoms with E-state index >= 15 is 0 Å². The number of thioether (sulfide) groups is 1. The van der Waals surface area contributed by atoms with Gasteiger partial charge in [-0.2, -0.15) is 0 Å². The zero-order chi connectivity index (χ0) is 7.82. The van der Waals surface area contributed by atoms with Gasteiger partial charge < -0.3 is 0 Å². The first-order valence-corrected chi connectivity index (χ1v) is 4.74. The molecule has 0 aliphatic carbocycles. The van der Waals surface area contributed by atoms with Gasteiger partial charge >= 0.3 is 0 Å². The van der Waals surface area contributed by atoms with Gasteiger partial charge in [0.25, 0.3) is 0 Å². The van der Waals surface area contributed by atoms with Gasteiger partial charge in [-0.05, 0) is 24.5 Å². The highest BCUT2D eigenvalue weighted by Crippen LogP contribution is 2.02. The Balaban J connectivity index is 3.16. The highest BCUT2D eigenvalue weighted by atomic mass is 32.2. The van der Waals surface area contributed by atoms with Gasteiger partial charge in [0.1, 0.15) is 0 Å². The maximum Gasteiger partial charge on any atom is 0.0694 e. The van der Waals surface area contributed by atoms with E-state index in [1.807, 2.05) is 12.3 Å². The molecule has 0 bridgehead atoms. The third-order valence-corrected chi connectivity index (χ3v) is 1.56. The normalized spacial score (nSPS) is 13.6. The molecular formula is C8H16S. The van der Waals surface area contributed by atoms with Crippen LogP contribution < -0.4 is 0 Å². The van der Waals surface area contributed by atoms with Gasteiger partial charge in [0.05, 0.1) is 1.37 Å². The highest BCUT2D eigenvalue weighted by molar-refractivity contribution is 8.01. The van der Waals surface area contributed by atoms with Crippen molar-refractivity contribution in [3.8, 4) is 0 Å². The van der Waals surface area contributed by atoms with Gasteiger partial charge in [-0.3, -0.25) is 0 Å². The van der Waals surface area contributed by atoms with Crippen LogP contribution in [0, 0.1) is 0 Å². The summed E-state index contributed by atoms with van der Waals surface area (Å²) in [5, 5.41) is 0.705. The monoisotopic (exact) mass is 145 g/mol. The molecule has 0 aromatic heterocycles. The molecule has 0 saturated heterocycles. The molecule has 0 rings (SSSR count). The number of rotatable bonds is 5. The van der Waals surface area contributed by atoms with Crippen molar-refractivity contribution in [2.24, 2.45) is 0 Å². The van der Waals surface area contributed by atoms with Crippen LogP contribution in [0.3, 0.4) is 0 Å². The molecule has 0 unspecified atom stereocenters. The number of allylic oxidation sites excluding steroid dienone is 1. The van der Waals surface area contributed by atoms with Crippen molar-refractivity contribution in [1.82, 2.24) is 0 Å². The summed E-state index contributed by atoms with van der Waals surface area (Å²) < 4.78 is 7.28. The quantitative estimate of drug-likeness (QED) is 0.534. The van der Waals surface area contributed by atoms with Gasteiger partial charge in [0, 0.05) is 0 Å². The second kappa shape index (κ2) is 8.09. The number of hydrogen-bond acceptors (Lipinski definition) is 1. The van der Waals surface area contributed by atoms with E-state index in [9.17, 15) is 0 Å². The minimum Gasteiger partial charge on any atom is -0.138 e. The van der Waals surface area contributed by atoms with Gasteiger partial charge in [-0.15, -0.1) is 11.8 Å². The highest BCUT2D eigenvalue weighted by Gasteiger charge is 1.79. The smallest absolute Gasteiger partial charge is 0.0694 e. The summed E-state index contributed by atoms with van der Waals surface area (Å²) in [6.07, 6.45) is 8.81. The number of unbranched alkanes of at least 4 members (excludes halogenated alkanes) is 3. The van der Waals surface area contributed by atoms with Crippen LogP contribution in [-0.4, -0.2) is 6.26 Å². The molecule has 0 atom stereocenters. The van der Waals surface area contributed by atoms with Crippen molar-refractivity contribution < 1.29 is 1.37 Å². The average molecular weight is 145 g/mol. The Morgan fingerprint density at radius 2 is 2.33 bits per heavy atom. The zero-order valence-electron chi connectivity index (χ0n) is 7.31. The fourth-order valence-electron chi connectivity index (χ4n) is 0.639. The predicted octanol–water partition coefficient (Wildman–Crippen LogP) is 3.44. The Morgan fingerprint density at radius 1 is 1.56 bits per heavy atom. The lowest BCUT2D eigenvalue weighted by Gasteiger charge is -1.89. The molecule has 0 N–H and O–H groups in total. The second-order valence-corrected chi connectivity index (χ2v) is 2.67. The summed E-state index contributed by atoms with van der Waals surface area (Å²) in [4.78, 5) is 0. The van der Waals surface area contributed by atoms with Crippen molar-refractivity contribution in [3.05, 3.63) is 11.5 Å². The van der Waals surface area contributed by atoms with Crippen LogP contribution >= 0.6 is 11.8 Å². The molecule has 0 fully saturated rings. The van der Waals surface area contributed by atoms with E-state index in [0.717, 1.165) is 6.42 Å². The minimum atomic E-state index is 0.705. The van der Waals surface area contributed by atoms with E-state index in [-0.39, 0.29) is 0 Å². The Bertz CT molecular complexity index is 99.4. The van der Waals surface area contributed by atoms with E-state index in [1.165, 1.54) is 31.0 Å². The molecule has 0 amide bonds. The lowest BCUT2D eigenvalue weighted by Crippen LogP contribution is -1.69. The standard InChI is InChI=1S/C8H16S/c1-3-4-5-6-7-8-9-2/h7-8H,3-6H2,1-2H3/b8-7+/i8D. The Kier molecular flexibility index (Phi) is 6.47. The lowest BCUT2D eigenvalue weighted by molar-refractivity contribution is 0.729. The first kappa shape index (κ1) is 7.20. The summed E-state index contributed by atoms with van der Waals surface area (Å²) in [6, 6.07) is 0. The molecule has 0 aliphatic rings. The van der Waals surface area contributed by atoms with Crippen molar-refractivity contribution in [2.45, 2.75) is 32.6 Å². The fourth-order valence-corrected chi connectivity index (χ4v) is 0.923. The summed E-state index contributed by atoms with van der Waals surface area (Å²) in [5.41, 5.74) is 0. The van der Waals surface area contributed by atoms with Crippen molar-refractivity contribution in [1.29, 1.82) is 0 Å². The van der Waals surface area contributed by atoms with Crippen molar-refractivity contribution in [2.75, 3.05) is 6.26 Å². The third-order valence-electron chi connectivity index (χ3n) is 1.15. The van der Waals surface area contributed by atoms with E-state index in [4.69, 9.17) is 1.37 Å². The predicted molar refractivity (Wildman–Crippen MR) is 46.8 cm³/mol. The van der Waals surface area contributed by atoms with Crippen molar-refractivity contribution in [3.63, 3.8) is 0 Å². The molecule has 1 heteroatoms. The van der Waals surface area contributed by atoms with Gasteiger partial charge in [-0.1, -0.05) is 25.8 Å². The first-order valence-electron chi connectivity index (χ1n) is 4.02. The maximum atomic E-state index is 7.28. The van der Waals surface area contributed by atoms with Crippen molar-refractivity contribution >= 4 is 11.8 Å². The lowest BCUT2D eigenvalue weighted by atomic mass is 10.2. The third kappa shape index (κ3) is 8.09. The Hall–Kier alpha value is 0.0900. The van der Waals surface area contributed by atoms with Crippen LogP contribution in [0.2, 0.25) is 0 Å². The van der Waals surface area contributed by atoms with E-state index in [1.54, 1.807) is 0 Å². The summed E-state index contributed by atoms with van der Waals surface area (Å²) in [6.45, 7) is 2.19. The fraction of sp³-hybridized carbons (Fsp3) is 0.750. The molecule has 0 saturated carbocycles. The van der Waals surface area contributed by atoms with Gasteiger partial charge in [0.15, 0.2) is 0 Å². The minimum absolute atomic E-state index is 0.705. The van der Waals surface area contributed by atoms with Gasteiger partial charge in [-0.25, -0.2) is 0 Å². The Morgan fingerprint density at radius 3 is 2.89 bits per heavy atom. The van der Waals surface area contributed by atoms with Crippen LogP contribution in [-0.2, 0) is 0 Å². The Labute approximate surface area is 64.1 Å². The molecular weight excluding hydrogens is 128 g/mol. The molecule has 0 aromatic carbocycles. The summed E-state index contributed by atoms with van der Waals surface area (Å²) in [7, 11) is 0. The molecule has 9 heavy (non-hydrogen) atoms. The van der Waals surface area contributed by atoms with Crippen LogP contribution in [0.5, 0.6) is 0 Å². The maximum absolute atomic E-state index is 7.28. The molecule has 0 spiro atoms. The molecule has 0 aliphatic heterocycles. The molecule has 0 nitrogen and oxygen atoms in total. The van der Waals surface area contributed by atoms with E-state index < -0.39 is 0 Å². The zero-order valence-corrected chi connectivity index (χ0v) is 7.13. The largest absolute Gasteiger partial charge is 0.138 e. The van der Waals surface area contributed by atoms with Gasteiger partial charge in [0.2, 0.25) is 0 Å². The first-order chi connectivity index (χ1) is 4.81. The van der Waals surface area contributed by atoms with E-state index in [2.05, 4.69) is 6.92 Å². The second-order valence-electron chi connectivity index (χ2n) is 2.02. The molecule has 0 aromatic rings. The summed E-state index contributed by atoms with van der Waals surface area (Å²) in [5.74, 6) is 0. The van der Waals surface area contributed by atoms with E-state index in [0.29, 0.717) is 5.38 Å². The van der Waals surface area contributed by atoms with Crippen LogP contribution in [0.25, 0.3) is 0 Å². The molecule has 54 valence electrons. The molecule has 0 heterocycles. The molecule has 0 radical (unpaired) electrons. The van der Waals surface area contributed by atoms with Crippen LogP contribution in [0.4, 0.5) is 0 Å². The average Bonchev–Trinajstić information content (AvgIpc) is 1.98. The summed E-state index contributed by atoms with van der Waals surface area (Å²) >= 11 is 1.51. The number of hydrogen-bond donors (Lipinski definition) is 0.